The van der Waals surface area contributed by atoms with Crippen LogP contribution in [0.5, 0.6) is 0 Å². The van der Waals surface area contributed by atoms with Gasteiger partial charge in [-0.05, 0) is 55.4 Å². The highest BCUT2D eigenvalue weighted by Gasteiger charge is 2.60. The SMILES string of the molecule is OC(c1ccccc1)C12CC3CC(CC1C3)C2. The van der Waals surface area contributed by atoms with Gasteiger partial charge >= 0.3 is 0 Å². The molecule has 4 saturated carbocycles. The average Bonchev–Trinajstić information content (AvgIpc) is 2.76. The van der Waals surface area contributed by atoms with Crippen LogP contribution in [0.1, 0.15) is 43.8 Å². The summed E-state index contributed by atoms with van der Waals surface area (Å²) >= 11 is 0. The number of benzene rings is 1. The Kier molecular flexibility index (Phi) is 2.00. The molecule has 1 N–H and O–H groups in total. The van der Waals surface area contributed by atoms with Crippen LogP contribution in [0.2, 0.25) is 0 Å². The van der Waals surface area contributed by atoms with E-state index >= 15 is 0 Å². The van der Waals surface area contributed by atoms with Crippen LogP contribution in [0.25, 0.3) is 0 Å². The molecule has 4 aliphatic rings. The van der Waals surface area contributed by atoms with Crippen LogP contribution in [0, 0.1) is 23.2 Å². The average molecular weight is 228 g/mol. The third-order valence-corrected chi connectivity index (χ3v) is 5.71. The Balaban J connectivity index is 1.71. The second kappa shape index (κ2) is 3.35. The van der Waals surface area contributed by atoms with E-state index in [2.05, 4.69) is 24.3 Å². The van der Waals surface area contributed by atoms with Crippen molar-refractivity contribution in [3.8, 4) is 0 Å². The Bertz CT molecular complexity index is 410. The second-order valence-corrected chi connectivity index (χ2v) is 6.59. The fourth-order valence-corrected chi connectivity index (χ4v) is 5.27. The van der Waals surface area contributed by atoms with Gasteiger partial charge < -0.3 is 5.11 Å². The standard InChI is InChI=1S/C16H20O/c17-15(13-4-2-1-3-5-13)16-9-11-6-12(10-16)8-14(16)7-11/h1-5,11-12,14-15,17H,6-10H2. The highest BCUT2D eigenvalue weighted by molar-refractivity contribution is 5.23. The van der Waals surface area contributed by atoms with Crippen LogP contribution in [0.3, 0.4) is 0 Å². The first-order valence-electron chi connectivity index (χ1n) is 7.01. The summed E-state index contributed by atoms with van der Waals surface area (Å²) in [6, 6.07) is 10.3. The Labute approximate surface area is 103 Å². The van der Waals surface area contributed by atoms with Gasteiger partial charge in [-0.2, -0.15) is 0 Å². The normalized spacial score (nSPS) is 44.2. The first-order chi connectivity index (χ1) is 8.28. The van der Waals surface area contributed by atoms with Gasteiger partial charge in [-0.15, -0.1) is 0 Å². The molecule has 5 rings (SSSR count). The third kappa shape index (κ3) is 1.29. The van der Waals surface area contributed by atoms with Crippen molar-refractivity contribution < 1.29 is 5.11 Å². The first-order valence-corrected chi connectivity index (χ1v) is 7.01. The molecule has 3 atom stereocenters. The molecule has 1 nitrogen and oxygen atoms in total. The molecule has 0 heterocycles. The minimum Gasteiger partial charge on any atom is -0.388 e. The topological polar surface area (TPSA) is 20.2 Å². The van der Waals surface area contributed by atoms with Crippen molar-refractivity contribution >= 4 is 0 Å². The predicted molar refractivity (Wildman–Crippen MR) is 67.4 cm³/mol. The molecule has 3 unspecified atom stereocenters. The van der Waals surface area contributed by atoms with Gasteiger partial charge in [0.1, 0.15) is 0 Å². The fourth-order valence-electron chi connectivity index (χ4n) is 5.27. The molecule has 4 aliphatic carbocycles. The van der Waals surface area contributed by atoms with Crippen LogP contribution < -0.4 is 0 Å². The molecule has 1 heteroatoms. The van der Waals surface area contributed by atoms with Crippen molar-refractivity contribution in [2.45, 2.75) is 38.2 Å². The highest BCUT2D eigenvalue weighted by Crippen LogP contribution is 2.69. The molecular formula is C16H20O. The number of aliphatic hydroxyl groups excluding tert-OH is 1. The molecule has 0 aromatic heterocycles. The molecular weight excluding hydrogens is 208 g/mol. The monoisotopic (exact) mass is 228 g/mol. The van der Waals surface area contributed by atoms with Crippen molar-refractivity contribution in [3.05, 3.63) is 35.9 Å². The lowest BCUT2D eigenvalue weighted by molar-refractivity contribution is -0.00162. The van der Waals surface area contributed by atoms with Crippen molar-refractivity contribution in [1.82, 2.24) is 0 Å². The smallest absolute Gasteiger partial charge is 0.0849 e. The minimum atomic E-state index is -0.219. The van der Waals surface area contributed by atoms with E-state index in [0.29, 0.717) is 0 Å². The molecule has 90 valence electrons. The molecule has 0 amide bonds. The van der Waals surface area contributed by atoms with E-state index in [1.165, 1.54) is 32.1 Å². The quantitative estimate of drug-likeness (QED) is 0.820. The molecule has 0 aliphatic heterocycles. The number of rotatable bonds is 2. The second-order valence-electron chi connectivity index (χ2n) is 6.59. The summed E-state index contributed by atoms with van der Waals surface area (Å²) in [5.41, 5.74) is 1.38. The Hall–Kier alpha value is -0.820. The van der Waals surface area contributed by atoms with E-state index < -0.39 is 0 Å². The number of hydrogen-bond acceptors (Lipinski definition) is 1. The van der Waals surface area contributed by atoms with Gasteiger partial charge in [-0.25, -0.2) is 0 Å². The van der Waals surface area contributed by atoms with Gasteiger partial charge in [-0.3, -0.25) is 0 Å². The zero-order valence-corrected chi connectivity index (χ0v) is 10.2. The van der Waals surface area contributed by atoms with Crippen molar-refractivity contribution in [1.29, 1.82) is 0 Å². The Morgan fingerprint density at radius 3 is 2.29 bits per heavy atom. The summed E-state index contributed by atoms with van der Waals surface area (Å²) in [5, 5.41) is 10.8. The molecule has 0 saturated heterocycles. The third-order valence-electron chi connectivity index (χ3n) is 5.71. The van der Waals surface area contributed by atoms with Crippen LogP contribution >= 0.6 is 0 Å². The molecule has 17 heavy (non-hydrogen) atoms. The summed E-state index contributed by atoms with van der Waals surface area (Å²) in [6.07, 6.45) is 6.57. The van der Waals surface area contributed by atoms with E-state index in [4.69, 9.17) is 0 Å². The lowest BCUT2D eigenvalue weighted by Crippen LogP contribution is -2.30. The number of hydrogen-bond donors (Lipinski definition) is 1. The van der Waals surface area contributed by atoms with Crippen molar-refractivity contribution in [3.63, 3.8) is 0 Å². The van der Waals surface area contributed by atoms with Gasteiger partial charge in [0, 0.05) is 5.41 Å². The molecule has 4 fully saturated rings. The zero-order valence-electron chi connectivity index (χ0n) is 10.2. The van der Waals surface area contributed by atoms with E-state index in [-0.39, 0.29) is 11.5 Å². The van der Waals surface area contributed by atoms with E-state index in [0.717, 1.165) is 23.3 Å². The predicted octanol–water partition coefficient (Wildman–Crippen LogP) is 3.55. The van der Waals surface area contributed by atoms with Crippen LogP contribution in [-0.2, 0) is 0 Å². The Morgan fingerprint density at radius 2 is 1.65 bits per heavy atom. The summed E-state index contributed by atoms with van der Waals surface area (Å²) in [5.74, 6) is 2.65. The Morgan fingerprint density at radius 1 is 1.00 bits per heavy atom. The van der Waals surface area contributed by atoms with Crippen molar-refractivity contribution in [2.24, 2.45) is 23.2 Å². The molecule has 0 radical (unpaired) electrons. The molecule has 1 aromatic rings. The maximum absolute atomic E-state index is 10.8. The zero-order chi connectivity index (χ0) is 11.5. The van der Waals surface area contributed by atoms with Crippen LogP contribution in [-0.4, -0.2) is 5.11 Å². The van der Waals surface area contributed by atoms with Gasteiger partial charge in [0.2, 0.25) is 0 Å². The van der Waals surface area contributed by atoms with E-state index in [9.17, 15) is 5.11 Å². The maximum atomic E-state index is 10.8. The molecule has 0 spiro atoms. The lowest BCUT2D eigenvalue weighted by Gasteiger charge is -2.37. The molecule has 4 bridgehead atoms. The van der Waals surface area contributed by atoms with Crippen LogP contribution in [0.4, 0.5) is 0 Å². The van der Waals surface area contributed by atoms with Gasteiger partial charge in [-0.1, -0.05) is 30.3 Å². The van der Waals surface area contributed by atoms with Gasteiger partial charge in [0.15, 0.2) is 0 Å². The number of aliphatic hydroxyl groups is 1. The van der Waals surface area contributed by atoms with Crippen LogP contribution in [0.15, 0.2) is 30.3 Å². The van der Waals surface area contributed by atoms with E-state index in [1.807, 2.05) is 6.07 Å². The van der Waals surface area contributed by atoms with Gasteiger partial charge in [0.25, 0.3) is 0 Å². The summed E-state index contributed by atoms with van der Waals surface area (Å²) in [6.45, 7) is 0. The largest absolute Gasteiger partial charge is 0.388 e. The summed E-state index contributed by atoms with van der Waals surface area (Å²) in [7, 11) is 0. The van der Waals surface area contributed by atoms with Crippen molar-refractivity contribution in [2.75, 3.05) is 0 Å². The molecule has 1 aromatic carbocycles. The lowest BCUT2D eigenvalue weighted by atomic mass is 9.70. The minimum absolute atomic E-state index is 0.219. The van der Waals surface area contributed by atoms with E-state index in [1.54, 1.807) is 0 Å². The first kappa shape index (κ1) is 10.1. The van der Waals surface area contributed by atoms with Gasteiger partial charge in [0.05, 0.1) is 6.10 Å². The highest BCUT2D eigenvalue weighted by atomic mass is 16.3. The maximum Gasteiger partial charge on any atom is 0.0849 e. The summed E-state index contributed by atoms with van der Waals surface area (Å²) < 4.78 is 0. The summed E-state index contributed by atoms with van der Waals surface area (Å²) in [4.78, 5) is 0. The fraction of sp³-hybridized carbons (Fsp3) is 0.625.